The van der Waals surface area contributed by atoms with Crippen LogP contribution < -0.4 is 25.3 Å². The van der Waals surface area contributed by atoms with Crippen LogP contribution in [0.4, 0.5) is 27.9 Å². The van der Waals surface area contributed by atoms with E-state index < -0.39 is 11.0 Å². The predicted octanol–water partition coefficient (Wildman–Crippen LogP) is 4.39. The van der Waals surface area contributed by atoms with Gasteiger partial charge >= 0.3 is 6.03 Å². The molecule has 2 N–H and O–H groups in total. The summed E-state index contributed by atoms with van der Waals surface area (Å²) >= 11 is 5.91. The molecule has 16 heteroatoms. The standard InChI is InChI=1S/C38H50ClN11O3S/c1-40-38(52)50(13-4-22-51)36-34-8-7-32(24-35(34)45(2)44-36)47-14-9-28(10-15-47)27-46-18-20-48(21-19-46)31-5-3-6-33(23-31)54(53)49-16-11-30(12-17-49)43-37-41-25-29(39)26-42-37/h3,5-8,22-26,28,30H,4,9-21,27H2,1-2H3,(H,40,52)(H,41,42,43). The van der Waals surface area contributed by atoms with Gasteiger partial charge in [-0.3, -0.25) is 14.5 Å². The number of nitrogens with zero attached hydrogens (tertiary/aromatic N) is 9. The highest BCUT2D eigenvalue weighted by Gasteiger charge is 2.28. The minimum atomic E-state index is -1.21. The molecule has 3 aliphatic heterocycles. The third-order valence-electron chi connectivity index (χ3n) is 10.9. The van der Waals surface area contributed by atoms with Crippen molar-refractivity contribution in [1.29, 1.82) is 0 Å². The molecule has 3 fully saturated rings. The van der Waals surface area contributed by atoms with Gasteiger partial charge in [-0.15, -0.1) is 0 Å². The van der Waals surface area contributed by atoms with Crippen molar-refractivity contribution in [2.45, 2.75) is 43.0 Å². The highest BCUT2D eigenvalue weighted by molar-refractivity contribution is 7.82. The number of piperazine rings is 1. The van der Waals surface area contributed by atoms with Gasteiger partial charge in [-0.05, 0) is 68.0 Å². The zero-order chi connectivity index (χ0) is 37.6. The molecule has 1 atom stereocenters. The molecular weight excluding hydrogens is 726 g/mol. The summed E-state index contributed by atoms with van der Waals surface area (Å²) < 4.78 is 17.5. The van der Waals surface area contributed by atoms with Crippen molar-refractivity contribution in [2.24, 2.45) is 13.0 Å². The van der Waals surface area contributed by atoms with Gasteiger partial charge in [-0.2, -0.15) is 5.10 Å². The molecular formula is C38H50ClN11O3S. The Kier molecular flexibility index (Phi) is 12.3. The maximum Gasteiger partial charge on any atom is 0.322 e. The molecule has 3 aliphatic rings. The van der Waals surface area contributed by atoms with Gasteiger partial charge in [0, 0.05) is 109 Å². The molecule has 7 rings (SSSR count). The van der Waals surface area contributed by atoms with E-state index in [0.29, 0.717) is 22.7 Å². The van der Waals surface area contributed by atoms with Gasteiger partial charge in [-0.25, -0.2) is 23.3 Å². The lowest BCUT2D eigenvalue weighted by atomic mass is 9.95. The number of carbonyl (C=O) groups is 2. The molecule has 2 aromatic heterocycles. The summed E-state index contributed by atoms with van der Waals surface area (Å²) in [6.45, 7) is 8.82. The molecule has 0 aliphatic carbocycles. The van der Waals surface area contributed by atoms with E-state index in [1.165, 1.54) is 4.90 Å². The maximum absolute atomic E-state index is 13.6. The normalized spacial score (nSPS) is 18.5. The Hall–Kier alpha value is -4.31. The average molecular weight is 776 g/mol. The van der Waals surface area contributed by atoms with Crippen LogP contribution in [0.5, 0.6) is 0 Å². The number of benzene rings is 2. The van der Waals surface area contributed by atoms with Crippen molar-refractivity contribution in [3.05, 3.63) is 59.9 Å². The second kappa shape index (κ2) is 17.4. The molecule has 1 unspecified atom stereocenters. The highest BCUT2D eigenvalue weighted by atomic mass is 35.5. The number of hydrogen-bond acceptors (Lipinski definition) is 10. The van der Waals surface area contributed by atoms with Crippen molar-refractivity contribution in [1.82, 2.24) is 34.3 Å². The smallest absolute Gasteiger partial charge is 0.322 e. The first kappa shape index (κ1) is 38.0. The number of urea groups is 1. The van der Waals surface area contributed by atoms with Crippen molar-refractivity contribution in [2.75, 3.05) is 92.5 Å². The van der Waals surface area contributed by atoms with Crippen molar-refractivity contribution < 1.29 is 13.8 Å². The first-order chi connectivity index (χ1) is 26.3. The van der Waals surface area contributed by atoms with Gasteiger partial charge in [0.2, 0.25) is 5.95 Å². The Bertz CT molecular complexity index is 1920. The minimum absolute atomic E-state index is 0.239. The number of aromatic nitrogens is 4. The number of hydrogen-bond donors (Lipinski definition) is 2. The predicted molar refractivity (Wildman–Crippen MR) is 215 cm³/mol. The van der Waals surface area contributed by atoms with E-state index in [9.17, 15) is 13.8 Å². The Morgan fingerprint density at radius 3 is 2.35 bits per heavy atom. The van der Waals surface area contributed by atoms with Gasteiger partial charge in [-0.1, -0.05) is 17.7 Å². The summed E-state index contributed by atoms with van der Waals surface area (Å²) in [6.07, 6.45) is 8.26. The summed E-state index contributed by atoms with van der Waals surface area (Å²) in [5, 5.41) is 12.1. The van der Waals surface area contributed by atoms with E-state index in [4.69, 9.17) is 11.6 Å². The van der Waals surface area contributed by atoms with Gasteiger partial charge in [0.1, 0.15) is 17.3 Å². The van der Waals surface area contributed by atoms with E-state index in [2.05, 4.69) is 69.0 Å². The van der Waals surface area contributed by atoms with E-state index in [1.807, 2.05) is 29.9 Å². The largest absolute Gasteiger partial charge is 0.371 e. The summed E-state index contributed by atoms with van der Waals surface area (Å²) in [5.41, 5.74) is 3.26. The van der Waals surface area contributed by atoms with Crippen LogP contribution in [-0.2, 0) is 22.8 Å². The molecule has 3 saturated heterocycles. The van der Waals surface area contributed by atoms with Crippen LogP contribution in [-0.4, -0.2) is 124 Å². The van der Waals surface area contributed by atoms with E-state index in [-0.39, 0.29) is 25.0 Å². The maximum atomic E-state index is 13.6. The van der Waals surface area contributed by atoms with Gasteiger partial charge < -0.3 is 25.2 Å². The number of rotatable bonds is 12. The topological polar surface area (TPSA) is 135 Å². The summed E-state index contributed by atoms with van der Waals surface area (Å²) in [6, 6.07) is 14.6. The number of amides is 2. The highest BCUT2D eigenvalue weighted by Crippen LogP contribution is 2.32. The molecule has 0 bridgehead atoms. The summed E-state index contributed by atoms with van der Waals surface area (Å²) in [5.74, 6) is 1.79. The number of halogens is 1. The van der Waals surface area contributed by atoms with Crippen LogP contribution >= 0.6 is 11.6 Å². The van der Waals surface area contributed by atoms with Gasteiger partial charge in [0.25, 0.3) is 0 Å². The second-order valence-electron chi connectivity index (χ2n) is 14.3. The first-order valence-electron chi connectivity index (χ1n) is 18.9. The van der Waals surface area contributed by atoms with Crippen molar-refractivity contribution in [3.63, 3.8) is 0 Å². The van der Waals surface area contributed by atoms with E-state index in [0.717, 1.165) is 118 Å². The number of nitrogens with one attached hydrogen (secondary N) is 2. The number of anilines is 4. The monoisotopic (exact) mass is 775 g/mol. The molecule has 0 saturated carbocycles. The zero-order valence-corrected chi connectivity index (χ0v) is 32.6. The van der Waals surface area contributed by atoms with Crippen molar-refractivity contribution in [3.8, 4) is 0 Å². The summed E-state index contributed by atoms with van der Waals surface area (Å²) in [4.78, 5) is 42.0. The van der Waals surface area contributed by atoms with Crippen LogP contribution in [0.1, 0.15) is 32.1 Å². The quantitative estimate of drug-likeness (QED) is 0.200. The van der Waals surface area contributed by atoms with Crippen LogP contribution in [0.15, 0.2) is 59.8 Å². The molecule has 54 heavy (non-hydrogen) atoms. The fourth-order valence-corrected chi connectivity index (χ4v) is 9.20. The Morgan fingerprint density at radius 1 is 0.944 bits per heavy atom. The van der Waals surface area contributed by atoms with Crippen LogP contribution in [0.2, 0.25) is 5.02 Å². The Labute approximate surface area is 324 Å². The number of aldehydes is 1. The van der Waals surface area contributed by atoms with Gasteiger partial charge in [0.05, 0.1) is 27.8 Å². The molecule has 288 valence electrons. The number of carbonyl (C=O) groups excluding carboxylic acids is 2. The number of aryl methyl sites for hydroxylation is 1. The minimum Gasteiger partial charge on any atom is -0.371 e. The molecule has 0 spiro atoms. The summed E-state index contributed by atoms with van der Waals surface area (Å²) in [7, 11) is 2.27. The number of piperidine rings is 2. The fraction of sp³-hybridized carbons (Fsp3) is 0.500. The van der Waals surface area contributed by atoms with Gasteiger partial charge in [0.15, 0.2) is 5.82 Å². The zero-order valence-electron chi connectivity index (χ0n) is 31.1. The molecule has 14 nitrogen and oxygen atoms in total. The molecule has 5 heterocycles. The Balaban J connectivity index is 0.870. The van der Waals surface area contributed by atoms with E-state index in [1.54, 1.807) is 19.4 Å². The fourth-order valence-electron chi connectivity index (χ4n) is 7.84. The lowest BCUT2D eigenvalue weighted by Crippen LogP contribution is -2.49. The molecule has 2 amide bonds. The number of fused-ring (bicyclic) bond motifs is 1. The van der Waals surface area contributed by atoms with Crippen LogP contribution in [0.3, 0.4) is 0 Å². The van der Waals surface area contributed by atoms with Crippen LogP contribution in [0.25, 0.3) is 10.9 Å². The Morgan fingerprint density at radius 2 is 1.65 bits per heavy atom. The van der Waals surface area contributed by atoms with E-state index >= 15 is 0 Å². The SMILES string of the molecule is CNC(=O)N(CCC=O)c1nn(C)c2cc(N3CCC(CN4CCN(c5cccc(S(=O)N6CCC(Nc7ncc(Cl)cn7)CC6)c5)CC4)CC3)ccc12. The first-order valence-corrected chi connectivity index (χ1v) is 20.4. The van der Waals surface area contributed by atoms with Crippen LogP contribution in [0, 0.1) is 5.92 Å². The third-order valence-corrected chi connectivity index (χ3v) is 12.6. The third kappa shape index (κ3) is 8.80. The average Bonchev–Trinajstić information content (AvgIpc) is 3.54. The molecule has 4 aromatic rings. The van der Waals surface area contributed by atoms with Crippen molar-refractivity contribution >= 4 is 68.9 Å². The lowest BCUT2D eigenvalue weighted by Gasteiger charge is -2.40. The lowest BCUT2D eigenvalue weighted by molar-refractivity contribution is -0.107. The second-order valence-corrected chi connectivity index (χ2v) is 16.3. The molecule has 0 radical (unpaired) electrons. The molecule has 2 aromatic carbocycles.